The molecule has 1 amide bonds. The van der Waals surface area contributed by atoms with Gasteiger partial charge < -0.3 is 9.64 Å². The smallest absolute Gasteiger partial charge is 0.253 e. The summed E-state index contributed by atoms with van der Waals surface area (Å²) in [5.74, 6) is 0.849. The Hall–Kier alpha value is -3.15. The van der Waals surface area contributed by atoms with Gasteiger partial charge in [0.2, 0.25) is 0 Å². The van der Waals surface area contributed by atoms with Crippen molar-refractivity contribution in [2.24, 2.45) is 7.05 Å². The van der Waals surface area contributed by atoms with Gasteiger partial charge >= 0.3 is 0 Å². The zero-order valence-electron chi connectivity index (χ0n) is 17.6. The number of piperidine rings is 1. The summed E-state index contributed by atoms with van der Waals surface area (Å²) in [6.45, 7) is 5.21. The lowest BCUT2D eigenvalue weighted by atomic mass is 9.81. The number of hydrogen-bond donors (Lipinski definition) is 0. The van der Waals surface area contributed by atoms with Crippen LogP contribution in [-0.4, -0.2) is 45.1 Å². The van der Waals surface area contributed by atoms with Crippen LogP contribution in [0.25, 0.3) is 10.9 Å². The van der Waals surface area contributed by atoms with E-state index in [4.69, 9.17) is 4.74 Å². The number of aromatic nitrogens is 2. The molecule has 0 N–H and O–H groups in total. The predicted molar refractivity (Wildman–Crippen MR) is 114 cm³/mol. The largest absolute Gasteiger partial charge is 0.486 e. The summed E-state index contributed by atoms with van der Waals surface area (Å²) in [6, 6.07) is 9.61. The second-order valence-electron chi connectivity index (χ2n) is 8.65. The van der Waals surface area contributed by atoms with Gasteiger partial charge in [-0.3, -0.25) is 14.3 Å². The molecule has 2 aromatic carbocycles. The fourth-order valence-electron chi connectivity index (χ4n) is 4.62. The Bertz CT molecular complexity index is 1190. The molecule has 1 spiro atoms. The van der Waals surface area contributed by atoms with Crippen molar-refractivity contribution in [3.8, 4) is 5.75 Å². The third kappa shape index (κ3) is 2.98. The van der Waals surface area contributed by atoms with Crippen molar-refractivity contribution in [3.05, 3.63) is 58.8 Å². The lowest BCUT2D eigenvalue weighted by Crippen LogP contribution is -2.52. The number of Topliss-reactive ketones (excluding diaryl/α,β-unsaturated/α-hetero) is 1. The van der Waals surface area contributed by atoms with Crippen molar-refractivity contribution in [3.63, 3.8) is 0 Å². The fraction of sp³-hybridized carbons (Fsp3) is 0.375. The summed E-state index contributed by atoms with van der Waals surface area (Å²) in [4.78, 5) is 27.7. The van der Waals surface area contributed by atoms with E-state index in [2.05, 4.69) is 5.10 Å². The molecule has 0 atom stereocenters. The number of ketones is 1. The quantitative estimate of drug-likeness (QED) is 0.619. The average molecular weight is 403 g/mol. The molecule has 154 valence electrons. The standard InChI is InChI=1S/C24H25N3O3/c1-15-10-19-21(28)13-24(30-22(19)11-16(15)2)6-8-27(9-7-24)23(29)17-4-5-20-18(12-17)14-25-26(20)3/h4-5,10-12,14H,6-9,13H2,1-3H3. The van der Waals surface area contributed by atoms with Crippen LogP contribution < -0.4 is 4.74 Å². The highest BCUT2D eigenvalue weighted by Crippen LogP contribution is 2.40. The highest BCUT2D eigenvalue weighted by Gasteiger charge is 2.43. The Kier molecular flexibility index (Phi) is 4.20. The van der Waals surface area contributed by atoms with Crippen LogP contribution in [0.5, 0.6) is 5.75 Å². The molecular weight excluding hydrogens is 378 g/mol. The van der Waals surface area contributed by atoms with Crippen molar-refractivity contribution < 1.29 is 14.3 Å². The number of nitrogens with zero attached hydrogens (tertiary/aromatic N) is 3. The molecule has 0 unspecified atom stereocenters. The fourth-order valence-corrected chi connectivity index (χ4v) is 4.62. The molecule has 0 aliphatic carbocycles. The van der Waals surface area contributed by atoms with Crippen LogP contribution >= 0.6 is 0 Å². The minimum absolute atomic E-state index is 0.0182. The van der Waals surface area contributed by atoms with E-state index in [1.807, 2.05) is 56.1 Å². The minimum Gasteiger partial charge on any atom is -0.486 e. The van der Waals surface area contributed by atoms with Gasteiger partial charge in [0.1, 0.15) is 11.4 Å². The van der Waals surface area contributed by atoms with Crippen molar-refractivity contribution >= 4 is 22.6 Å². The first-order valence-electron chi connectivity index (χ1n) is 10.4. The zero-order chi connectivity index (χ0) is 21.0. The lowest BCUT2D eigenvalue weighted by molar-refractivity contribution is -0.00574. The van der Waals surface area contributed by atoms with Crippen LogP contribution in [-0.2, 0) is 7.05 Å². The van der Waals surface area contributed by atoms with E-state index in [1.54, 1.807) is 10.9 Å². The molecule has 2 aliphatic rings. The zero-order valence-corrected chi connectivity index (χ0v) is 17.6. The summed E-state index contributed by atoms with van der Waals surface area (Å²) >= 11 is 0. The summed E-state index contributed by atoms with van der Waals surface area (Å²) in [5, 5.41) is 5.20. The van der Waals surface area contributed by atoms with Crippen molar-refractivity contribution in [2.45, 2.75) is 38.7 Å². The lowest BCUT2D eigenvalue weighted by Gasteiger charge is -2.44. The van der Waals surface area contributed by atoms with Gasteiger partial charge in [-0.05, 0) is 55.3 Å². The molecule has 0 bridgehead atoms. The first-order chi connectivity index (χ1) is 14.3. The molecule has 3 heterocycles. The molecule has 3 aromatic rings. The number of aryl methyl sites for hydroxylation is 3. The number of ether oxygens (including phenoxy) is 1. The number of carbonyl (C=O) groups excluding carboxylic acids is 2. The number of hydrogen-bond acceptors (Lipinski definition) is 4. The van der Waals surface area contributed by atoms with Crippen LogP contribution in [0.3, 0.4) is 0 Å². The average Bonchev–Trinajstić information content (AvgIpc) is 3.10. The maximum atomic E-state index is 13.1. The second kappa shape index (κ2) is 6.69. The van der Waals surface area contributed by atoms with Gasteiger partial charge in [0.15, 0.2) is 5.78 Å². The normalized spacial score (nSPS) is 17.8. The maximum Gasteiger partial charge on any atom is 0.253 e. The molecule has 2 aliphatic heterocycles. The number of likely N-dealkylation sites (tertiary alicyclic amines) is 1. The van der Waals surface area contributed by atoms with Crippen molar-refractivity contribution in [1.82, 2.24) is 14.7 Å². The second-order valence-corrected chi connectivity index (χ2v) is 8.65. The Morgan fingerprint density at radius 3 is 2.60 bits per heavy atom. The van der Waals surface area contributed by atoms with Crippen LogP contribution in [0.2, 0.25) is 0 Å². The molecule has 30 heavy (non-hydrogen) atoms. The maximum absolute atomic E-state index is 13.1. The van der Waals surface area contributed by atoms with Gasteiger partial charge in [-0.15, -0.1) is 0 Å². The Labute approximate surface area is 175 Å². The molecule has 6 heteroatoms. The summed E-state index contributed by atoms with van der Waals surface area (Å²) < 4.78 is 8.19. The van der Waals surface area contributed by atoms with Crippen molar-refractivity contribution in [1.29, 1.82) is 0 Å². The van der Waals surface area contributed by atoms with Gasteiger partial charge in [0.25, 0.3) is 5.91 Å². The third-order valence-electron chi connectivity index (χ3n) is 6.66. The van der Waals surface area contributed by atoms with Crippen LogP contribution in [0.1, 0.15) is 51.1 Å². The molecule has 5 rings (SSSR count). The number of fused-ring (bicyclic) bond motifs is 2. The van der Waals surface area contributed by atoms with Gasteiger partial charge in [-0.2, -0.15) is 5.10 Å². The molecule has 0 saturated carbocycles. The van der Waals surface area contributed by atoms with E-state index in [0.717, 1.165) is 22.0 Å². The van der Waals surface area contributed by atoms with Crippen molar-refractivity contribution in [2.75, 3.05) is 13.1 Å². The first-order valence-corrected chi connectivity index (χ1v) is 10.4. The Morgan fingerprint density at radius 2 is 1.83 bits per heavy atom. The highest BCUT2D eigenvalue weighted by atomic mass is 16.5. The van der Waals surface area contributed by atoms with Gasteiger partial charge in [0.05, 0.1) is 23.7 Å². The van der Waals surface area contributed by atoms with Crippen LogP contribution in [0.4, 0.5) is 0 Å². The summed E-state index contributed by atoms with van der Waals surface area (Å²) in [7, 11) is 1.89. The monoisotopic (exact) mass is 403 g/mol. The molecule has 6 nitrogen and oxygen atoms in total. The van der Waals surface area contributed by atoms with E-state index in [0.29, 0.717) is 49.2 Å². The van der Waals surface area contributed by atoms with E-state index in [-0.39, 0.29) is 11.7 Å². The van der Waals surface area contributed by atoms with Crippen LogP contribution in [0.15, 0.2) is 36.5 Å². The molecule has 0 radical (unpaired) electrons. The van der Waals surface area contributed by atoms with E-state index < -0.39 is 5.60 Å². The van der Waals surface area contributed by atoms with Crippen LogP contribution in [0, 0.1) is 13.8 Å². The van der Waals surface area contributed by atoms with E-state index in [1.165, 1.54) is 0 Å². The minimum atomic E-state index is -0.504. The SMILES string of the molecule is Cc1cc2c(cc1C)C(=O)CC1(CCN(C(=O)c3ccc4c(cnn4C)c3)CC1)O2. The first kappa shape index (κ1) is 18.9. The Balaban J connectivity index is 1.33. The summed E-state index contributed by atoms with van der Waals surface area (Å²) in [6.07, 6.45) is 3.48. The highest BCUT2D eigenvalue weighted by molar-refractivity contribution is 6.01. The van der Waals surface area contributed by atoms with Gasteiger partial charge in [0, 0.05) is 43.9 Å². The third-order valence-corrected chi connectivity index (χ3v) is 6.66. The van der Waals surface area contributed by atoms with E-state index in [9.17, 15) is 9.59 Å². The molecule has 1 aromatic heterocycles. The number of rotatable bonds is 1. The number of benzene rings is 2. The predicted octanol–water partition coefficient (Wildman–Crippen LogP) is 3.83. The molecule has 1 fully saturated rings. The number of carbonyl (C=O) groups is 2. The number of amides is 1. The Morgan fingerprint density at radius 1 is 1.10 bits per heavy atom. The van der Waals surface area contributed by atoms with Gasteiger partial charge in [-0.25, -0.2) is 0 Å². The topological polar surface area (TPSA) is 64.4 Å². The van der Waals surface area contributed by atoms with E-state index >= 15 is 0 Å². The molecule has 1 saturated heterocycles. The molecular formula is C24H25N3O3. The van der Waals surface area contributed by atoms with Gasteiger partial charge in [-0.1, -0.05) is 0 Å². The summed E-state index contributed by atoms with van der Waals surface area (Å²) in [5.41, 5.74) is 4.08.